The van der Waals surface area contributed by atoms with Gasteiger partial charge in [0.05, 0.1) is 7.11 Å². The molecule has 2 nitrogen and oxygen atoms in total. The maximum Gasteiger partial charge on any atom is 0.122 e. The van der Waals surface area contributed by atoms with Crippen molar-refractivity contribution in [3.05, 3.63) is 29.3 Å². The number of methoxy groups -OCH3 is 1. The molecule has 0 aromatic heterocycles. The lowest BCUT2D eigenvalue weighted by Crippen LogP contribution is -2.21. The Bertz CT molecular complexity index is 376. The van der Waals surface area contributed by atoms with Crippen LogP contribution in [0.2, 0.25) is 0 Å². The van der Waals surface area contributed by atoms with Crippen molar-refractivity contribution in [3.8, 4) is 5.75 Å². The first-order chi connectivity index (χ1) is 9.72. The van der Waals surface area contributed by atoms with Gasteiger partial charge in [0.1, 0.15) is 5.75 Å². The molecule has 1 aromatic carbocycles. The Kier molecular flexibility index (Phi) is 8.36. The summed E-state index contributed by atoms with van der Waals surface area (Å²) in [6, 6.07) is 7.04. The van der Waals surface area contributed by atoms with Gasteiger partial charge in [-0.2, -0.15) is 0 Å². The number of unbranched alkanes of at least 4 members (excludes halogenated alkanes) is 4. The monoisotopic (exact) mass is 277 g/mol. The Balaban J connectivity index is 2.60. The molecule has 0 aliphatic rings. The molecule has 0 heterocycles. The van der Waals surface area contributed by atoms with E-state index in [1.54, 1.807) is 7.11 Å². The number of benzene rings is 1. The van der Waals surface area contributed by atoms with Gasteiger partial charge in [-0.3, -0.25) is 0 Å². The molecule has 1 atom stereocenters. The van der Waals surface area contributed by atoms with Crippen LogP contribution in [0.3, 0.4) is 0 Å². The van der Waals surface area contributed by atoms with Gasteiger partial charge in [-0.05, 0) is 37.1 Å². The molecule has 0 bridgehead atoms. The third kappa shape index (κ3) is 5.54. The summed E-state index contributed by atoms with van der Waals surface area (Å²) in [7, 11) is 1.75. The number of hydrogen-bond acceptors (Lipinski definition) is 2. The number of aryl methyl sites for hydroxylation is 1. The molecule has 0 aliphatic heterocycles. The van der Waals surface area contributed by atoms with E-state index in [0.29, 0.717) is 6.04 Å². The van der Waals surface area contributed by atoms with Gasteiger partial charge >= 0.3 is 0 Å². The quantitative estimate of drug-likeness (QED) is 0.607. The maximum absolute atomic E-state index is 5.44. The van der Waals surface area contributed by atoms with Gasteiger partial charge in [-0.15, -0.1) is 0 Å². The molecule has 0 radical (unpaired) electrons. The van der Waals surface area contributed by atoms with Gasteiger partial charge in [0.15, 0.2) is 0 Å². The lowest BCUT2D eigenvalue weighted by atomic mass is 9.98. The third-order valence-corrected chi connectivity index (χ3v) is 3.88. The highest BCUT2D eigenvalue weighted by molar-refractivity contribution is 5.37. The molecule has 2 heteroatoms. The molecular formula is C18H31NO. The van der Waals surface area contributed by atoms with Crippen LogP contribution < -0.4 is 10.1 Å². The molecule has 0 amide bonds. The highest BCUT2D eigenvalue weighted by Gasteiger charge is 2.11. The first kappa shape index (κ1) is 17.0. The Morgan fingerprint density at radius 3 is 2.50 bits per heavy atom. The van der Waals surface area contributed by atoms with Gasteiger partial charge < -0.3 is 10.1 Å². The molecule has 1 aromatic rings. The number of ether oxygens (including phenoxy) is 1. The van der Waals surface area contributed by atoms with Crippen LogP contribution >= 0.6 is 0 Å². The van der Waals surface area contributed by atoms with Crippen molar-refractivity contribution in [1.29, 1.82) is 0 Å². The number of hydrogen-bond donors (Lipinski definition) is 1. The van der Waals surface area contributed by atoms with Crippen LogP contribution in [0, 0.1) is 6.92 Å². The smallest absolute Gasteiger partial charge is 0.122 e. The van der Waals surface area contributed by atoms with Crippen molar-refractivity contribution < 1.29 is 4.74 Å². The summed E-state index contributed by atoms with van der Waals surface area (Å²) in [5.41, 5.74) is 2.55. The zero-order chi connectivity index (χ0) is 14.8. The van der Waals surface area contributed by atoms with Gasteiger partial charge in [-0.1, -0.05) is 58.1 Å². The van der Waals surface area contributed by atoms with E-state index >= 15 is 0 Å². The topological polar surface area (TPSA) is 21.3 Å². The molecule has 1 rings (SSSR count). The second-order valence-electron chi connectivity index (χ2n) is 5.54. The standard InChI is InChI=1S/C18H31NO/c1-5-7-8-9-10-11-17(19-6-2)16-13-12-15(3)18(14-16)20-4/h12-14,17,19H,5-11H2,1-4H3. The molecule has 0 saturated heterocycles. The van der Waals surface area contributed by atoms with Gasteiger partial charge in [0.2, 0.25) is 0 Å². The number of nitrogens with one attached hydrogen (secondary N) is 1. The van der Waals surface area contributed by atoms with Gasteiger partial charge in [-0.25, -0.2) is 0 Å². The molecule has 0 aliphatic carbocycles. The van der Waals surface area contributed by atoms with E-state index in [1.807, 2.05) is 0 Å². The lowest BCUT2D eigenvalue weighted by Gasteiger charge is -2.19. The second kappa shape index (κ2) is 9.82. The summed E-state index contributed by atoms with van der Waals surface area (Å²) in [6.45, 7) is 7.54. The summed E-state index contributed by atoms with van der Waals surface area (Å²) < 4.78 is 5.44. The van der Waals surface area contributed by atoms with Crippen LogP contribution in [-0.2, 0) is 0 Å². The summed E-state index contributed by atoms with van der Waals surface area (Å²) in [5.74, 6) is 0.997. The Morgan fingerprint density at radius 2 is 1.85 bits per heavy atom. The SMILES string of the molecule is CCCCCCCC(NCC)c1ccc(C)c(OC)c1. The van der Waals surface area contributed by atoms with Crippen molar-refractivity contribution in [1.82, 2.24) is 5.32 Å². The zero-order valence-electron chi connectivity index (χ0n) is 13.7. The average Bonchev–Trinajstić information content (AvgIpc) is 2.46. The highest BCUT2D eigenvalue weighted by Crippen LogP contribution is 2.26. The summed E-state index contributed by atoms with van der Waals surface area (Å²) in [5, 5.41) is 3.61. The molecule has 0 fully saturated rings. The average molecular weight is 277 g/mol. The molecule has 1 N–H and O–H groups in total. The van der Waals surface area contributed by atoms with Crippen molar-refractivity contribution in [2.24, 2.45) is 0 Å². The van der Waals surface area contributed by atoms with E-state index in [9.17, 15) is 0 Å². The Labute approximate surface area is 124 Å². The minimum absolute atomic E-state index is 0.455. The van der Waals surface area contributed by atoms with Crippen LogP contribution in [0.15, 0.2) is 18.2 Å². The van der Waals surface area contributed by atoms with Crippen molar-refractivity contribution >= 4 is 0 Å². The van der Waals surface area contributed by atoms with Crippen LogP contribution in [0.25, 0.3) is 0 Å². The normalized spacial score (nSPS) is 12.4. The minimum Gasteiger partial charge on any atom is -0.496 e. The van der Waals surface area contributed by atoms with Crippen molar-refractivity contribution in [2.75, 3.05) is 13.7 Å². The Morgan fingerprint density at radius 1 is 1.10 bits per heavy atom. The van der Waals surface area contributed by atoms with E-state index in [-0.39, 0.29) is 0 Å². The zero-order valence-corrected chi connectivity index (χ0v) is 13.7. The summed E-state index contributed by atoms with van der Waals surface area (Å²) in [6.07, 6.45) is 7.90. The van der Waals surface area contributed by atoms with E-state index in [4.69, 9.17) is 4.74 Å². The fourth-order valence-electron chi connectivity index (χ4n) is 2.64. The van der Waals surface area contributed by atoms with E-state index < -0.39 is 0 Å². The number of rotatable bonds is 10. The second-order valence-corrected chi connectivity index (χ2v) is 5.54. The van der Waals surface area contributed by atoms with Crippen LogP contribution in [0.1, 0.15) is 69.5 Å². The molecule has 1 unspecified atom stereocenters. The van der Waals surface area contributed by atoms with Crippen molar-refractivity contribution in [3.63, 3.8) is 0 Å². The first-order valence-corrected chi connectivity index (χ1v) is 8.10. The van der Waals surface area contributed by atoms with E-state index in [0.717, 1.165) is 12.3 Å². The molecule has 114 valence electrons. The maximum atomic E-state index is 5.44. The fourth-order valence-corrected chi connectivity index (χ4v) is 2.64. The molecule has 0 saturated carbocycles. The lowest BCUT2D eigenvalue weighted by molar-refractivity contribution is 0.408. The first-order valence-electron chi connectivity index (χ1n) is 8.10. The van der Waals surface area contributed by atoms with Crippen LogP contribution in [-0.4, -0.2) is 13.7 Å². The molecule has 0 spiro atoms. The fraction of sp³-hybridized carbons (Fsp3) is 0.667. The Hall–Kier alpha value is -1.02. The van der Waals surface area contributed by atoms with Gasteiger partial charge in [0.25, 0.3) is 0 Å². The third-order valence-electron chi connectivity index (χ3n) is 3.88. The van der Waals surface area contributed by atoms with E-state index in [1.165, 1.54) is 49.7 Å². The molecule has 20 heavy (non-hydrogen) atoms. The largest absolute Gasteiger partial charge is 0.496 e. The summed E-state index contributed by atoms with van der Waals surface area (Å²) >= 11 is 0. The predicted molar refractivity (Wildman–Crippen MR) is 87.5 cm³/mol. The predicted octanol–water partition coefficient (Wildman–Crippen LogP) is 5.01. The van der Waals surface area contributed by atoms with Crippen molar-refractivity contribution in [2.45, 2.75) is 65.3 Å². The van der Waals surface area contributed by atoms with Crippen LogP contribution in [0.4, 0.5) is 0 Å². The summed E-state index contributed by atoms with van der Waals surface area (Å²) in [4.78, 5) is 0. The van der Waals surface area contributed by atoms with Crippen LogP contribution in [0.5, 0.6) is 5.75 Å². The highest BCUT2D eigenvalue weighted by atomic mass is 16.5. The van der Waals surface area contributed by atoms with Gasteiger partial charge in [0, 0.05) is 6.04 Å². The minimum atomic E-state index is 0.455. The molecular weight excluding hydrogens is 246 g/mol. The van der Waals surface area contributed by atoms with E-state index in [2.05, 4.69) is 44.3 Å².